The fraction of sp³-hybridized carbons (Fsp3) is 0.364. The van der Waals surface area contributed by atoms with Gasteiger partial charge in [-0.05, 0) is 30.7 Å². The highest BCUT2D eigenvalue weighted by atomic mass is 35.5. The number of carbonyl (C=O) groups is 2. The van der Waals surface area contributed by atoms with Crippen LogP contribution in [0.2, 0.25) is 20.1 Å². The molecule has 1 aliphatic heterocycles. The molecule has 2 aromatic rings. The van der Waals surface area contributed by atoms with Crippen molar-refractivity contribution in [2.24, 2.45) is 0 Å². The smallest absolute Gasteiger partial charge is 0.267 e. The summed E-state index contributed by atoms with van der Waals surface area (Å²) in [6.45, 7) is 2.82. The number of anilines is 1. The van der Waals surface area contributed by atoms with E-state index in [4.69, 9.17) is 51.1 Å². The largest absolute Gasteiger partial charge is 0.494 e. The number of fused-ring (bicyclic) bond motifs is 1. The Morgan fingerprint density at radius 2 is 1.23 bits per heavy atom. The van der Waals surface area contributed by atoms with Gasteiger partial charge in [-0.1, -0.05) is 85.4 Å². The molecule has 2 aromatic carbocycles. The van der Waals surface area contributed by atoms with Gasteiger partial charge in [-0.2, -0.15) is 0 Å². The van der Waals surface area contributed by atoms with E-state index in [0.29, 0.717) is 18.0 Å². The molecule has 1 aliphatic rings. The first-order chi connectivity index (χ1) is 14.4. The van der Waals surface area contributed by atoms with Gasteiger partial charge in [0.2, 0.25) is 0 Å². The number of unbranched alkanes of at least 4 members (excludes halogenated alkanes) is 5. The molecule has 0 radical (unpaired) electrons. The molecule has 30 heavy (non-hydrogen) atoms. The van der Waals surface area contributed by atoms with E-state index in [1.165, 1.54) is 25.7 Å². The lowest BCUT2D eigenvalue weighted by atomic mass is 10.1. The molecule has 0 spiro atoms. The second kappa shape index (κ2) is 10.2. The molecule has 0 unspecified atom stereocenters. The average molecular weight is 489 g/mol. The normalized spacial score (nSPS) is 13.2. The van der Waals surface area contributed by atoms with Gasteiger partial charge in [0.1, 0.15) is 5.75 Å². The molecule has 0 N–H and O–H groups in total. The maximum atomic E-state index is 12.9. The van der Waals surface area contributed by atoms with Crippen LogP contribution in [0.5, 0.6) is 5.75 Å². The summed E-state index contributed by atoms with van der Waals surface area (Å²) in [5.74, 6) is -0.520. The Bertz CT molecular complexity index is 913. The van der Waals surface area contributed by atoms with E-state index in [2.05, 4.69) is 6.92 Å². The summed E-state index contributed by atoms with van der Waals surface area (Å²) in [5, 5.41) is -0.270. The van der Waals surface area contributed by atoms with Crippen molar-refractivity contribution in [2.45, 2.75) is 45.4 Å². The molecule has 8 heteroatoms. The molecule has 0 atom stereocenters. The fourth-order valence-electron chi connectivity index (χ4n) is 3.35. The van der Waals surface area contributed by atoms with Crippen LogP contribution in [-0.2, 0) is 0 Å². The van der Waals surface area contributed by atoms with E-state index >= 15 is 0 Å². The fourth-order valence-corrected chi connectivity index (χ4v) is 4.36. The maximum Gasteiger partial charge on any atom is 0.267 e. The zero-order valence-corrected chi connectivity index (χ0v) is 19.5. The predicted octanol–water partition coefficient (Wildman–Crippen LogP) is 7.84. The molecule has 0 aromatic heterocycles. The van der Waals surface area contributed by atoms with Crippen LogP contribution in [0, 0.1) is 0 Å². The minimum atomic E-state index is -0.596. The van der Waals surface area contributed by atoms with Crippen LogP contribution in [0.15, 0.2) is 24.3 Å². The van der Waals surface area contributed by atoms with Crippen LogP contribution in [0.1, 0.15) is 66.2 Å². The molecule has 1 heterocycles. The van der Waals surface area contributed by atoms with Crippen LogP contribution in [0.25, 0.3) is 0 Å². The van der Waals surface area contributed by atoms with E-state index in [-0.39, 0.29) is 31.2 Å². The number of carbonyl (C=O) groups excluding carboxylic acids is 2. The Morgan fingerprint density at radius 3 is 1.77 bits per heavy atom. The van der Waals surface area contributed by atoms with Crippen LogP contribution in [0.4, 0.5) is 5.69 Å². The molecule has 2 amide bonds. The van der Waals surface area contributed by atoms with Crippen molar-refractivity contribution < 1.29 is 14.3 Å². The van der Waals surface area contributed by atoms with Crippen molar-refractivity contribution in [3.8, 4) is 5.75 Å². The predicted molar refractivity (Wildman–Crippen MR) is 123 cm³/mol. The monoisotopic (exact) mass is 487 g/mol. The van der Waals surface area contributed by atoms with Gasteiger partial charge in [0.25, 0.3) is 11.8 Å². The molecule has 160 valence electrons. The van der Waals surface area contributed by atoms with Crippen LogP contribution >= 0.6 is 46.4 Å². The Balaban J connectivity index is 1.68. The van der Waals surface area contributed by atoms with Gasteiger partial charge in [0.15, 0.2) is 0 Å². The first-order valence-corrected chi connectivity index (χ1v) is 11.4. The second-order valence-corrected chi connectivity index (χ2v) is 8.57. The standard InChI is InChI=1S/C22H21Cl4NO3/c1-2-3-4-5-6-7-12-30-14-10-8-13(9-11-14)27-21(28)15-16(22(27)29)18(24)20(26)19(25)17(15)23/h8-11H,2-7,12H2,1H3. The average Bonchev–Trinajstić information content (AvgIpc) is 3.01. The molecule has 0 bridgehead atoms. The van der Waals surface area contributed by atoms with Gasteiger partial charge in [-0.3, -0.25) is 9.59 Å². The third-order valence-corrected chi connectivity index (χ3v) is 6.76. The number of nitrogens with zero attached hydrogens (tertiary/aromatic N) is 1. The summed E-state index contributed by atoms with van der Waals surface area (Å²) in [7, 11) is 0. The highest BCUT2D eigenvalue weighted by Gasteiger charge is 2.42. The lowest BCUT2D eigenvalue weighted by Crippen LogP contribution is -2.29. The second-order valence-electron chi connectivity index (χ2n) is 7.06. The third-order valence-electron chi connectivity index (χ3n) is 4.96. The minimum Gasteiger partial charge on any atom is -0.494 e. The van der Waals surface area contributed by atoms with Crippen LogP contribution in [-0.4, -0.2) is 18.4 Å². The quantitative estimate of drug-likeness (QED) is 0.156. The molecular formula is C22H21Cl4NO3. The van der Waals surface area contributed by atoms with E-state index < -0.39 is 11.8 Å². The minimum absolute atomic E-state index is 0.0375. The zero-order valence-electron chi connectivity index (χ0n) is 16.4. The number of benzene rings is 2. The van der Waals surface area contributed by atoms with Gasteiger partial charge in [0, 0.05) is 0 Å². The Labute approximate surface area is 196 Å². The van der Waals surface area contributed by atoms with Crippen molar-refractivity contribution in [1.82, 2.24) is 0 Å². The molecule has 0 saturated carbocycles. The van der Waals surface area contributed by atoms with Gasteiger partial charge in [-0.25, -0.2) is 4.90 Å². The first-order valence-electron chi connectivity index (χ1n) is 9.86. The SMILES string of the molecule is CCCCCCCCOc1ccc(N2C(=O)c3c(Cl)c(Cl)c(Cl)c(Cl)c3C2=O)cc1. The molecular weight excluding hydrogens is 468 g/mol. The number of hydrogen-bond donors (Lipinski definition) is 0. The van der Waals surface area contributed by atoms with Gasteiger partial charge >= 0.3 is 0 Å². The molecule has 3 rings (SSSR count). The summed E-state index contributed by atoms with van der Waals surface area (Å²) in [4.78, 5) is 26.8. The van der Waals surface area contributed by atoms with Gasteiger partial charge in [-0.15, -0.1) is 0 Å². The number of imide groups is 1. The van der Waals surface area contributed by atoms with Gasteiger partial charge < -0.3 is 4.74 Å². The van der Waals surface area contributed by atoms with E-state index in [9.17, 15) is 9.59 Å². The zero-order chi connectivity index (χ0) is 21.8. The summed E-state index contributed by atoms with van der Waals surface area (Å²) >= 11 is 24.4. The molecule has 0 fully saturated rings. The van der Waals surface area contributed by atoms with Crippen molar-refractivity contribution in [3.63, 3.8) is 0 Å². The molecule has 0 saturated heterocycles. The summed E-state index contributed by atoms with van der Waals surface area (Å²) in [6, 6.07) is 6.73. The summed E-state index contributed by atoms with van der Waals surface area (Å²) < 4.78 is 5.75. The Morgan fingerprint density at radius 1 is 0.733 bits per heavy atom. The van der Waals surface area contributed by atoms with E-state index in [1.807, 2.05) is 0 Å². The van der Waals surface area contributed by atoms with Crippen LogP contribution in [0.3, 0.4) is 0 Å². The number of hydrogen-bond acceptors (Lipinski definition) is 3. The highest BCUT2D eigenvalue weighted by molar-refractivity contribution is 6.56. The Hall–Kier alpha value is -1.46. The number of amides is 2. The van der Waals surface area contributed by atoms with E-state index in [1.54, 1.807) is 24.3 Å². The van der Waals surface area contributed by atoms with Crippen molar-refractivity contribution in [3.05, 3.63) is 55.5 Å². The number of rotatable bonds is 9. The van der Waals surface area contributed by atoms with E-state index in [0.717, 1.165) is 17.7 Å². The lowest BCUT2D eigenvalue weighted by molar-refractivity contribution is 0.0926. The lowest BCUT2D eigenvalue weighted by Gasteiger charge is -2.14. The number of ether oxygens (including phenoxy) is 1. The summed E-state index contributed by atoms with van der Waals surface area (Å²) in [6.07, 6.45) is 7.11. The van der Waals surface area contributed by atoms with Crippen molar-refractivity contribution >= 4 is 63.9 Å². The van der Waals surface area contributed by atoms with Crippen molar-refractivity contribution in [2.75, 3.05) is 11.5 Å². The first kappa shape index (κ1) is 23.2. The highest BCUT2D eigenvalue weighted by Crippen LogP contribution is 2.45. The summed E-state index contributed by atoms with van der Waals surface area (Å²) in [5.41, 5.74) is 0.307. The Kier molecular flexibility index (Phi) is 7.92. The number of halogens is 4. The van der Waals surface area contributed by atoms with Gasteiger partial charge in [0.05, 0.1) is 43.5 Å². The third kappa shape index (κ3) is 4.57. The molecule has 4 nitrogen and oxygen atoms in total. The van der Waals surface area contributed by atoms with Crippen molar-refractivity contribution in [1.29, 1.82) is 0 Å². The topological polar surface area (TPSA) is 46.6 Å². The maximum absolute atomic E-state index is 12.9. The molecule has 0 aliphatic carbocycles. The van der Waals surface area contributed by atoms with Crippen LogP contribution < -0.4 is 9.64 Å².